The zero-order chi connectivity index (χ0) is 15.0. The van der Waals surface area contributed by atoms with Crippen LogP contribution in [0.5, 0.6) is 11.5 Å². The smallest absolute Gasteiger partial charge is 0.387 e. The number of rotatable bonds is 8. The number of methoxy groups -OCH3 is 1. The second-order valence-corrected chi connectivity index (χ2v) is 3.97. The first-order valence-electron chi connectivity index (χ1n) is 6.20. The highest BCUT2D eigenvalue weighted by atomic mass is 19.3. The summed E-state index contributed by atoms with van der Waals surface area (Å²) in [5.41, 5.74) is 0.366. The lowest BCUT2D eigenvalue weighted by Crippen LogP contribution is -2.28. The maximum atomic E-state index is 12.3. The second kappa shape index (κ2) is 8.31. The van der Waals surface area contributed by atoms with Crippen molar-refractivity contribution in [3.8, 4) is 11.5 Å². The number of halogens is 2. The monoisotopic (exact) mass is 288 g/mol. The van der Waals surface area contributed by atoms with Crippen LogP contribution in [0.3, 0.4) is 0 Å². The number of hydrogen-bond donors (Lipinski definition) is 2. The summed E-state index contributed by atoms with van der Waals surface area (Å²) in [6, 6.07) is 4.30. The SMILES string of the molecule is CCCNCC(=O)Nc1ccc(OC)c(OC(F)F)c1. The fourth-order valence-corrected chi connectivity index (χ4v) is 1.53. The highest BCUT2D eigenvalue weighted by molar-refractivity contribution is 5.92. The molecule has 0 saturated heterocycles. The molecule has 2 N–H and O–H groups in total. The predicted molar refractivity (Wildman–Crippen MR) is 71.4 cm³/mol. The Balaban J connectivity index is 2.68. The summed E-state index contributed by atoms with van der Waals surface area (Å²) in [4.78, 5) is 11.6. The Morgan fingerprint density at radius 3 is 2.70 bits per heavy atom. The van der Waals surface area contributed by atoms with Gasteiger partial charge < -0.3 is 20.1 Å². The quantitative estimate of drug-likeness (QED) is 0.720. The van der Waals surface area contributed by atoms with Crippen LogP contribution in [0.4, 0.5) is 14.5 Å². The number of hydrogen-bond acceptors (Lipinski definition) is 4. The van der Waals surface area contributed by atoms with Crippen molar-refractivity contribution < 1.29 is 23.0 Å². The Labute approximate surface area is 116 Å². The van der Waals surface area contributed by atoms with Crippen LogP contribution < -0.4 is 20.1 Å². The minimum atomic E-state index is -2.96. The van der Waals surface area contributed by atoms with Crippen molar-refractivity contribution in [1.82, 2.24) is 5.32 Å². The van der Waals surface area contributed by atoms with E-state index in [-0.39, 0.29) is 24.0 Å². The third kappa shape index (κ3) is 5.40. The van der Waals surface area contributed by atoms with Gasteiger partial charge in [-0.25, -0.2) is 0 Å². The van der Waals surface area contributed by atoms with Crippen LogP contribution in [0.1, 0.15) is 13.3 Å². The van der Waals surface area contributed by atoms with Crippen LogP contribution in [-0.4, -0.2) is 32.7 Å². The first-order valence-corrected chi connectivity index (χ1v) is 6.20. The number of alkyl halides is 2. The number of nitrogens with one attached hydrogen (secondary N) is 2. The Kier molecular flexibility index (Phi) is 6.72. The fraction of sp³-hybridized carbons (Fsp3) is 0.462. The lowest BCUT2D eigenvalue weighted by Gasteiger charge is -2.12. The average Bonchev–Trinajstić information content (AvgIpc) is 2.38. The van der Waals surface area contributed by atoms with E-state index in [0.717, 1.165) is 13.0 Å². The first kappa shape index (κ1) is 16.2. The molecule has 0 spiro atoms. The van der Waals surface area contributed by atoms with Crippen molar-refractivity contribution in [2.45, 2.75) is 20.0 Å². The van der Waals surface area contributed by atoms with E-state index in [1.54, 1.807) is 6.07 Å². The van der Waals surface area contributed by atoms with Gasteiger partial charge in [-0.1, -0.05) is 6.92 Å². The number of carbonyl (C=O) groups is 1. The number of amides is 1. The normalized spacial score (nSPS) is 10.4. The molecule has 0 atom stereocenters. The minimum absolute atomic E-state index is 0.123. The minimum Gasteiger partial charge on any atom is -0.493 e. The molecule has 0 fully saturated rings. The maximum absolute atomic E-state index is 12.3. The van der Waals surface area contributed by atoms with Crippen LogP contribution in [0.25, 0.3) is 0 Å². The van der Waals surface area contributed by atoms with E-state index in [0.29, 0.717) is 5.69 Å². The van der Waals surface area contributed by atoms with E-state index in [1.807, 2.05) is 6.92 Å². The third-order valence-electron chi connectivity index (χ3n) is 2.38. The summed E-state index contributed by atoms with van der Waals surface area (Å²) < 4.78 is 33.8. The zero-order valence-electron chi connectivity index (χ0n) is 11.4. The third-order valence-corrected chi connectivity index (χ3v) is 2.38. The highest BCUT2D eigenvalue weighted by Crippen LogP contribution is 2.31. The van der Waals surface area contributed by atoms with Crippen molar-refractivity contribution in [3.05, 3.63) is 18.2 Å². The van der Waals surface area contributed by atoms with Crippen molar-refractivity contribution in [2.75, 3.05) is 25.5 Å². The standard InChI is InChI=1S/C13H18F2N2O3/c1-3-6-16-8-12(18)17-9-4-5-10(19-2)11(7-9)20-13(14)15/h4-5,7,13,16H,3,6,8H2,1-2H3,(H,17,18). The van der Waals surface area contributed by atoms with Gasteiger partial charge in [-0.15, -0.1) is 0 Å². The van der Waals surface area contributed by atoms with E-state index in [4.69, 9.17) is 4.74 Å². The molecule has 1 aromatic rings. The highest BCUT2D eigenvalue weighted by Gasteiger charge is 2.12. The van der Waals surface area contributed by atoms with E-state index in [1.165, 1.54) is 19.2 Å². The lowest BCUT2D eigenvalue weighted by atomic mass is 10.2. The Hall–Kier alpha value is -1.89. The molecule has 0 saturated carbocycles. The molecule has 0 unspecified atom stereocenters. The van der Waals surface area contributed by atoms with Gasteiger partial charge in [-0.3, -0.25) is 4.79 Å². The van der Waals surface area contributed by atoms with E-state index < -0.39 is 6.61 Å². The number of carbonyl (C=O) groups excluding carboxylic acids is 1. The molecule has 0 aliphatic heterocycles. The lowest BCUT2D eigenvalue weighted by molar-refractivity contribution is -0.115. The average molecular weight is 288 g/mol. The molecular weight excluding hydrogens is 270 g/mol. The molecule has 0 bridgehead atoms. The van der Waals surface area contributed by atoms with E-state index >= 15 is 0 Å². The van der Waals surface area contributed by atoms with Gasteiger partial charge in [0.2, 0.25) is 5.91 Å². The molecule has 112 valence electrons. The molecule has 0 aromatic heterocycles. The topological polar surface area (TPSA) is 59.6 Å². The summed E-state index contributed by atoms with van der Waals surface area (Å²) in [6.45, 7) is -0.0793. The summed E-state index contributed by atoms with van der Waals surface area (Å²) >= 11 is 0. The molecule has 7 heteroatoms. The van der Waals surface area contributed by atoms with Crippen molar-refractivity contribution in [3.63, 3.8) is 0 Å². The molecule has 1 aromatic carbocycles. The summed E-state index contributed by atoms with van der Waals surface area (Å²) in [7, 11) is 1.35. The van der Waals surface area contributed by atoms with Crippen molar-refractivity contribution in [2.24, 2.45) is 0 Å². The largest absolute Gasteiger partial charge is 0.493 e. The van der Waals surface area contributed by atoms with Crippen molar-refractivity contribution >= 4 is 11.6 Å². The molecule has 1 rings (SSSR count). The van der Waals surface area contributed by atoms with Gasteiger partial charge in [0.05, 0.1) is 13.7 Å². The zero-order valence-corrected chi connectivity index (χ0v) is 11.4. The van der Waals surface area contributed by atoms with Crippen LogP contribution >= 0.6 is 0 Å². The summed E-state index contributed by atoms with van der Waals surface area (Å²) in [6.07, 6.45) is 0.919. The van der Waals surface area contributed by atoms with Gasteiger partial charge in [-0.2, -0.15) is 8.78 Å². The molecule has 0 aliphatic carbocycles. The van der Waals surface area contributed by atoms with Crippen LogP contribution in [-0.2, 0) is 4.79 Å². The van der Waals surface area contributed by atoms with Gasteiger partial charge >= 0.3 is 6.61 Å². The van der Waals surface area contributed by atoms with Gasteiger partial charge in [-0.05, 0) is 25.1 Å². The molecule has 0 heterocycles. The van der Waals surface area contributed by atoms with E-state index in [2.05, 4.69) is 15.4 Å². The Morgan fingerprint density at radius 2 is 2.10 bits per heavy atom. The van der Waals surface area contributed by atoms with Crippen LogP contribution in [0.2, 0.25) is 0 Å². The molecule has 0 aliphatic rings. The number of ether oxygens (including phenoxy) is 2. The van der Waals surface area contributed by atoms with Gasteiger partial charge in [0.15, 0.2) is 11.5 Å². The Morgan fingerprint density at radius 1 is 1.35 bits per heavy atom. The molecular formula is C13H18F2N2O3. The second-order valence-electron chi connectivity index (χ2n) is 3.97. The van der Waals surface area contributed by atoms with Crippen LogP contribution in [0, 0.1) is 0 Å². The summed E-state index contributed by atoms with van der Waals surface area (Å²) in [5.74, 6) is -0.208. The van der Waals surface area contributed by atoms with Gasteiger partial charge in [0.1, 0.15) is 0 Å². The fourth-order valence-electron chi connectivity index (χ4n) is 1.53. The number of benzene rings is 1. The Bertz CT molecular complexity index is 442. The van der Waals surface area contributed by atoms with Gasteiger partial charge in [0.25, 0.3) is 0 Å². The molecule has 1 amide bonds. The predicted octanol–water partition coefficient (Wildman–Crippen LogP) is 2.23. The number of anilines is 1. The molecule has 5 nitrogen and oxygen atoms in total. The van der Waals surface area contributed by atoms with Crippen molar-refractivity contribution in [1.29, 1.82) is 0 Å². The maximum Gasteiger partial charge on any atom is 0.387 e. The molecule has 20 heavy (non-hydrogen) atoms. The van der Waals surface area contributed by atoms with E-state index in [9.17, 15) is 13.6 Å². The first-order chi connectivity index (χ1) is 9.56. The molecule has 0 radical (unpaired) electrons. The van der Waals surface area contributed by atoms with Crippen LogP contribution in [0.15, 0.2) is 18.2 Å². The summed E-state index contributed by atoms with van der Waals surface area (Å²) in [5, 5.41) is 5.52. The van der Waals surface area contributed by atoms with Gasteiger partial charge in [0, 0.05) is 11.8 Å².